The van der Waals surface area contributed by atoms with Gasteiger partial charge in [-0.3, -0.25) is 0 Å². The molecule has 0 aromatic rings. The number of unbranched alkanes of at least 4 members (excludes halogenated alkanes) is 17. The fourth-order valence-electron chi connectivity index (χ4n) is 4.60. The zero-order valence-electron chi connectivity index (χ0n) is 24.4. The van der Waals surface area contributed by atoms with Crippen LogP contribution in [-0.2, 0) is 9.47 Å². The van der Waals surface area contributed by atoms with Gasteiger partial charge >= 0.3 is 0 Å². The van der Waals surface area contributed by atoms with Crippen molar-refractivity contribution in [1.29, 1.82) is 0 Å². The number of ether oxygens (including phenoxy) is 2. The van der Waals surface area contributed by atoms with Crippen LogP contribution in [0.25, 0.3) is 0 Å². The topological polar surface area (TPSA) is 18.5 Å². The third kappa shape index (κ3) is 31.9. The largest absolute Gasteiger partial charge is 0.381 e. The molecule has 0 fully saturated rings. The van der Waals surface area contributed by atoms with Gasteiger partial charge in [0, 0.05) is 26.4 Å². The highest BCUT2D eigenvalue weighted by Gasteiger charge is 1.98. The maximum Gasteiger partial charge on any atom is 0.0466 e. The summed E-state index contributed by atoms with van der Waals surface area (Å²) in [5.74, 6) is 1.75. The fourth-order valence-corrected chi connectivity index (χ4v) is 4.60. The van der Waals surface area contributed by atoms with Gasteiger partial charge in [0.2, 0.25) is 0 Å². The van der Waals surface area contributed by atoms with Crippen LogP contribution in [0.15, 0.2) is 0 Å². The van der Waals surface area contributed by atoms with Gasteiger partial charge in [-0.1, -0.05) is 143 Å². The van der Waals surface area contributed by atoms with Gasteiger partial charge in [-0.05, 0) is 37.5 Å². The van der Waals surface area contributed by atoms with Crippen molar-refractivity contribution in [2.45, 2.75) is 169 Å². The van der Waals surface area contributed by atoms with Crippen LogP contribution in [-0.4, -0.2) is 26.4 Å². The lowest BCUT2D eigenvalue weighted by Crippen LogP contribution is -1.99. The van der Waals surface area contributed by atoms with Crippen LogP contribution in [0.1, 0.15) is 169 Å². The molecule has 2 nitrogen and oxygen atoms in total. The predicted octanol–water partition coefficient (Wildman–Crippen LogP) is 10.9. The zero-order chi connectivity index (χ0) is 25.0. The van der Waals surface area contributed by atoms with E-state index in [1.807, 2.05) is 0 Å². The van der Waals surface area contributed by atoms with Crippen molar-refractivity contribution in [3.8, 4) is 0 Å². The standard InChI is InChI=1S/C32H66O2/c1-31(2)25-19-13-9-5-7-11-15-21-27-33-29-23-17-18-24-30-34-28-22-16-12-8-6-10-14-20-26-32(3)4/h31-32H,5-30H2,1-4H3. The van der Waals surface area contributed by atoms with Crippen molar-refractivity contribution < 1.29 is 9.47 Å². The van der Waals surface area contributed by atoms with Gasteiger partial charge in [0.1, 0.15) is 0 Å². The monoisotopic (exact) mass is 483 g/mol. The van der Waals surface area contributed by atoms with Gasteiger partial charge in [-0.2, -0.15) is 0 Å². The van der Waals surface area contributed by atoms with Crippen LogP contribution in [0, 0.1) is 11.8 Å². The van der Waals surface area contributed by atoms with Crippen LogP contribution in [0.5, 0.6) is 0 Å². The molecule has 0 aromatic carbocycles. The van der Waals surface area contributed by atoms with E-state index in [1.54, 1.807) is 0 Å². The van der Waals surface area contributed by atoms with Gasteiger partial charge in [-0.25, -0.2) is 0 Å². The Bertz CT molecular complexity index is 319. The molecule has 0 N–H and O–H groups in total. The van der Waals surface area contributed by atoms with Crippen molar-refractivity contribution in [2.75, 3.05) is 26.4 Å². The molecule has 0 saturated heterocycles. The summed E-state index contributed by atoms with van der Waals surface area (Å²) < 4.78 is 11.6. The number of rotatable bonds is 29. The maximum absolute atomic E-state index is 5.81. The second-order valence-corrected chi connectivity index (χ2v) is 11.7. The zero-order valence-corrected chi connectivity index (χ0v) is 24.4. The summed E-state index contributed by atoms with van der Waals surface area (Å²) in [7, 11) is 0. The maximum atomic E-state index is 5.81. The summed E-state index contributed by atoms with van der Waals surface area (Å²) in [6.45, 7) is 13.2. The molecule has 0 aliphatic rings. The summed E-state index contributed by atoms with van der Waals surface area (Å²) in [6.07, 6.45) is 30.1. The first kappa shape index (κ1) is 33.9. The quantitative estimate of drug-likeness (QED) is 0.0987. The van der Waals surface area contributed by atoms with Crippen molar-refractivity contribution in [3.05, 3.63) is 0 Å². The average Bonchev–Trinajstić information content (AvgIpc) is 2.80. The Morgan fingerprint density at radius 2 is 0.500 bits per heavy atom. The van der Waals surface area contributed by atoms with Gasteiger partial charge in [-0.15, -0.1) is 0 Å². The van der Waals surface area contributed by atoms with E-state index in [-0.39, 0.29) is 0 Å². The van der Waals surface area contributed by atoms with E-state index < -0.39 is 0 Å². The van der Waals surface area contributed by atoms with Crippen LogP contribution < -0.4 is 0 Å². The van der Waals surface area contributed by atoms with E-state index >= 15 is 0 Å². The molecule has 0 spiro atoms. The third-order valence-corrected chi connectivity index (χ3v) is 6.97. The molecule has 0 aliphatic heterocycles. The third-order valence-electron chi connectivity index (χ3n) is 6.97. The first-order valence-electron chi connectivity index (χ1n) is 15.8. The van der Waals surface area contributed by atoms with Gasteiger partial charge in [0.25, 0.3) is 0 Å². The Hall–Kier alpha value is -0.0800. The molecule has 34 heavy (non-hydrogen) atoms. The summed E-state index contributed by atoms with van der Waals surface area (Å²) in [6, 6.07) is 0. The molecule has 0 amide bonds. The van der Waals surface area contributed by atoms with E-state index in [0.29, 0.717) is 0 Å². The van der Waals surface area contributed by atoms with Crippen LogP contribution in [0.4, 0.5) is 0 Å². The van der Waals surface area contributed by atoms with Gasteiger partial charge in [0.05, 0.1) is 0 Å². The fraction of sp³-hybridized carbons (Fsp3) is 1.00. The van der Waals surface area contributed by atoms with E-state index in [4.69, 9.17) is 9.47 Å². The molecule has 0 aromatic heterocycles. The summed E-state index contributed by atoms with van der Waals surface area (Å²) in [5.41, 5.74) is 0. The van der Waals surface area contributed by atoms with Crippen LogP contribution >= 0.6 is 0 Å². The molecular weight excluding hydrogens is 416 g/mol. The van der Waals surface area contributed by atoms with E-state index in [2.05, 4.69) is 27.7 Å². The lowest BCUT2D eigenvalue weighted by Gasteiger charge is -2.06. The Kier molecular flexibility index (Phi) is 29.1. The molecule has 0 bridgehead atoms. The Labute approximate surface area is 216 Å². The molecule has 0 aliphatic carbocycles. The first-order chi connectivity index (χ1) is 16.6. The highest BCUT2D eigenvalue weighted by molar-refractivity contribution is 4.51. The van der Waals surface area contributed by atoms with Gasteiger partial charge < -0.3 is 9.47 Å². The van der Waals surface area contributed by atoms with E-state index in [9.17, 15) is 0 Å². The average molecular weight is 483 g/mol. The summed E-state index contributed by atoms with van der Waals surface area (Å²) in [5, 5.41) is 0. The molecule has 0 heterocycles. The number of hydrogen-bond acceptors (Lipinski definition) is 2. The molecular formula is C32H66O2. The molecule has 0 radical (unpaired) electrons. The van der Waals surface area contributed by atoms with Gasteiger partial charge in [0.15, 0.2) is 0 Å². The van der Waals surface area contributed by atoms with Crippen molar-refractivity contribution >= 4 is 0 Å². The lowest BCUT2D eigenvalue weighted by atomic mass is 10.0. The molecule has 0 unspecified atom stereocenters. The normalized spacial score (nSPS) is 11.8. The van der Waals surface area contributed by atoms with Crippen LogP contribution in [0.3, 0.4) is 0 Å². The molecule has 0 saturated carbocycles. The Morgan fingerprint density at radius 3 is 0.735 bits per heavy atom. The minimum Gasteiger partial charge on any atom is -0.381 e. The SMILES string of the molecule is CC(C)CCCCCCCCCCOCCCCCCOCCCCCCCCCCC(C)C. The second kappa shape index (κ2) is 29.2. The van der Waals surface area contributed by atoms with E-state index in [0.717, 1.165) is 38.3 Å². The molecule has 206 valence electrons. The lowest BCUT2D eigenvalue weighted by molar-refractivity contribution is 0.117. The van der Waals surface area contributed by atoms with Crippen molar-refractivity contribution in [2.24, 2.45) is 11.8 Å². The highest BCUT2D eigenvalue weighted by Crippen LogP contribution is 2.14. The predicted molar refractivity (Wildman–Crippen MR) is 153 cm³/mol. The smallest absolute Gasteiger partial charge is 0.0466 e. The van der Waals surface area contributed by atoms with E-state index in [1.165, 1.54) is 141 Å². The second-order valence-electron chi connectivity index (χ2n) is 11.7. The number of hydrogen-bond donors (Lipinski definition) is 0. The molecule has 2 heteroatoms. The first-order valence-corrected chi connectivity index (χ1v) is 15.8. The Morgan fingerprint density at radius 1 is 0.294 bits per heavy atom. The summed E-state index contributed by atoms with van der Waals surface area (Å²) >= 11 is 0. The van der Waals surface area contributed by atoms with Crippen LogP contribution in [0.2, 0.25) is 0 Å². The molecule has 0 atom stereocenters. The minimum absolute atomic E-state index is 0.877. The van der Waals surface area contributed by atoms with Crippen molar-refractivity contribution in [3.63, 3.8) is 0 Å². The van der Waals surface area contributed by atoms with Crippen molar-refractivity contribution in [1.82, 2.24) is 0 Å². The minimum atomic E-state index is 0.877. The highest BCUT2D eigenvalue weighted by atomic mass is 16.5. The molecule has 0 rings (SSSR count). The summed E-state index contributed by atoms with van der Waals surface area (Å²) in [4.78, 5) is 0. The Balaban J connectivity index is 3.02.